The standard InChI is InChI=1S/C16H26N2O/c1-3-17-12-15-8-7-14(11-16(15)19-2)13-18-9-5-4-6-10-18/h7-8,11,17H,3-6,9-10,12-13H2,1-2H3. The highest BCUT2D eigenvalue weighted by molar-refractivity contribution is 5.37. The van der Waals surface area contributed by atoms with Crippen molar-refractivity contribution in [3.05, 3.63) is 29.3 Å². The molecule has 1 aromatic rings. The van der Waals surface area contributed by atoms with Crippen molar-refractivity contribution in [1.29, 1.82) is 0 Å². The minimum atomic E-state index is 0.879. The van der Waals surface area contributed by atoms with Gasteiger partial charge in [-0.15, -0.1) is 0 Å². The third kappa shape index (κ3) is 4.22. The Morgan fingerprint density at radius 1 is 1.21 bits per heavy atom. The Hall–Kier alpha value is -1.06. The van der Waals surface area contributed by atoms with E-state index in [9.17, 15) is 0 Å². The summed E-state index contributed by atoms with van der Waals surface area (Å²) in [5.41, 5.74) is 2.60. The van der Waals surface area contributed by atoms with Gasteiger partial charge in [-0.05, 0) is 44.1 Å². The molecule has 0 aromatic heterocycles. The van der Waals surface area contributed by atoms with Crippen LogP contribution < -0.4 is 10.1 Å². The summed E-state index contributed by atoms with van der Waals surface area (Å²) in [7, 11) is 1.76. The quantitative estimate of drug-likeness (QED) is 0.853. The van der Waals surface area contributed by atoms with E-state index in [4.69, 9.17) is 4.74 Å². The minimum absolute atomic E-state index is 0.879. The van der Waals surface area contributed by atoms with Gasteiger partial charge in [0.25, 0.3) is 0 Å². The van der Waals surface area contributed by atoms with Gasteiger partial charge in [-0.25, -0.2) is 0 Å². The first kappa shape index (κ1) is 14.4. The summed E-state index contributed by atoms with van der Waals surface area (Å²) in [6.07, 6.45) is 4.08. The lowest BCUT2D eigenvalue weighted by Crippen LogP contribution is -2.29. The van der Waals surface area contributed by atoms with Gasteiger partial charge in [0.05, 0.1) is 7.11 Å². The molecule has 0 aliphatic carbocycles. The van der Waals surface area contributed by atoms with Crippen molar-refractivity contribution in [2.45, 2.75) is 39.3 Å². The SMILES string of the molecule is CCNCc1ccc(CN2CCCCC2)cc1OC. The Morgan fingerprint density at radius 3 is 2.68 bits per heavy atom. The van der Waals surface area contributed by atoms with Crippen LogP contribution >= 0.6 is 0 Å². The third-order valence-electron chi connectivity index (χ3n) is 3.77. The molecule has 1 saturated heterocycles. The monoisotopic (exact) mass is 262 g/mol. The first-order valence-electron chi connectivity index (χ1n) is 7.42. The number of methoxy groups -OCH3 is 1. The molecule has 0 saturated carbocycles. The molecule has 0 bridgehead atoms. The second-order valence-electron chi connectivity index (χ2n) is 5.26. The second kappa shape index (κ2) is 7.51. The van der Waals surface area contributed by atoms with Crippen LogP contribution in [-0.2, 0) is 13.1 Å². The predicted molar refractivity (Wildman–Crippen MR) is 79.5 cm³/mol. The van der Waals surface area contributed by atoms with Gasteiger partial charge in [-0.3, -0.25) is 4.90 Å². The zero-order valence-electron chi connectivity index (χ0n) is 12.2. The number of hydrogen-bond donors (Lipinski definition) is 1. The van der Waals surface area contributed by atoms with Crippen LogP contribution in [0.25, 0.3) is 0 Å². The highest BCUT2D eigenvalue weighted by Crippen LogP contribution is 2.22. The number of likely N-dealkylation sites (tertiary alicyclic amines) is 1. The van der Waals surface area contributed by atoms with Gasteiger partial charge in [0.15, 0.2) is 0 Å². The van der Waals surface area contributed by atoms with E-state index in [0.717, 1.165) is 25.4 Å². The predicted octanol–water partition coefficient (Wildman–Crippen LogP) is 2.79. The molecule has 3 nitrogen and oxygen atoms in total. The third-order valence-corrected chi connectivity index (χ3v) is 3.77. The molecule has 0 spiro atoms. The smallest absolute Gasteiger partial charge is 0.123 e. The molecular weight excluding hydrogens is 236 g/mol. The van der Waals surface area contributed by atoms with Crippen molar-refractivity contribution in [3.8, 4) is 5.75 Å². The van der Waals surface area contributed by atoms with Gasteiger partial charge in [-0.2, -0.15) is 0 Å². The van der Waals surface area contributed by atoms with Crippen LogP contribution in [0.3, 0.4) is 0 Å². The van der Waals surface area contributed by atoms with Gasteiger partial charge in [0.1, 0.15) is 5.75 Å². The van der Waals surface area contributed by atoms with Crippen molar-refractivity contribution in [2.75, 3.05) is 26.7 Å². The number of nitrogens with one attached hydrogen (secondary N) is 1. The first-order valence-corrected chi connectivity index (χ1v) is 7.42. The van der Waals surface area contributed by atoms with Crippen molar-refractivity contribution in [1.82, 2.24) is 10.2 Å². The zero-order chi connectivity index (χ0) is 13.5. The topological polar surface area (TPSA) is 24.5 Å². The van der Waals surface area contributed by atoms with E-state index in [1.807, 2.05) is 0 Å². The number of rotatable bonds is 6. The fourth-order valence-corrected chi connectivity index (χ4v) is 2.67. The molecule has 0 radical (unpaired) electrons. The van der Waals surface area contributed by atoms with Crippen LogP contribution in [-0.4, -0.2) is 31.6 Å². The molecule has 0 amide bonds. The lowest BCUT2D eigenvalue weighted by molar-refractivity contribution is 0.220. The molecule has 19 heavy (non-hydrogen) atoms. The van der Waals surface area contributed by atoms with Crippen LogP contribution in [0, 0.1) is 0 Å². The molecule has 1 aromatic carbocycles. The summed E-state index contributed by atoms with van der Waals surface area (Å²) in [5, 5.41) is 3.35. The van der Waals surface area contributed by atoms with Gasteiger partial charge >= 0.3 is 0 Å². The van der Waals surface area contributed by atoms with Crippen LogP contribution in [0.1, 0.15) is 37.3 Å². The summed E-state index contributed by atoms with van der Waals surface area (Å²) >= 11 is 0. The van der Waals surface area contributed by atoms with Crippen molar-refractivity contribution < 1.29 is 4.74 Å². The summed E-state index contributed by atoms with van der Waals surface area (Å²) in [4.78, 5) is 2.54. The van der Waals surface area contributed by atoms with Gasteiger partial charge in [-0.1, -0.05) is 25.5 Å². The van der Waals surface area contributed by atoms with E-state index in [0.29, 0.717) is 0 Å². The Balaban J connectivity index is 2.00. The zero-order valence-corrected chi connectivity index (χ0v) is 12.2. The second-order valence-corrected chi connectivity index (χ2v) is 5.26. The Bertz CT molecular complexity index is 386. The fourth-order valence-electron chi connectivity index (χ4n) is 2.67. The number of benzene rings is 1. The van der Waals surface area contributed by atoms with Crippen LogP contribution in [0.5, 0.6) is 5.75 Å². The summed E-state index contributed by atoms with van der Waals surface area (Å²) in [6, 6.07) is 6.63. The van der Waals surface area contributed by atoms with Crippen LogP contribution in [0.4, 0.5) is 0 Å². The summed E-state index contributed by atoms with van der Waals surface area (Å²) < 4.78 is 5.51. The molecule has 0 unspecified atom stereocenters. The van der Waals surface area contributed by atoms with E-state index in [-0.39, 0.29) is 0 Å². The molecule has 106 valence electrons. The summed E-state index contributed by atoms with van der Waals surface area (Å²) in [6.45, 7) is 7.51. The molecule has 1 heterocycles. The largest absolute Gasteiger partial charge is 0.496 e. The number of ether oxygens (including phenoxy) is 1. The molecule has 3 heteroatoms. The maximum atomic E-state index is 5.51. The average Bonchev–Trinajstić information content (AvgIpc) is 2.47. The minimum Gasteiger partial charge on any atom is -0.496 e. The van der Waals surface area contributed by atoms with E-state index < -0.39 is 0 Å². The molecule has 1 N–H and O–H groups in total. The fraction of sp³-hybridized carbons (Fsp3) is 0.625. The normalized spacial score (nSPS) is 16.5. The van der Waals surface area contributed by atoms with Crippen LogP contribution in [0.15, 0.2) is 18.2 Å². The van der Waals surface area contributed by atoms with Crippen LogP contribution in [0.2, 0.25) is 0 Å². The lowest BCUT2D eigenvalue weighted by Gasteiger charge is -2.26. The number of nitrogens with zero attached hydrogens (tertiary/aromatic N) is 1. The average molecular weight is 262 g/mol. The molecular formula is C16H26N2O. The molecule has 2 rings (SSSR count). The molecule has 1 aliphatic rings. The maximum Gasteiger partial charge on any atom is 0.123 e. The van der Waals surface area contributed by atoms with Crippen molar-refractivity contribution >= 4 is 0 Å². The van der Waals surface area contributed by atoms with E-state index in [2.05, 4.69) is 35.3 Å². The Morgan fingerprint density at radius 2 is 2.00 bits per heavy atom. The van der Waals surface area contributed by atoms with E-state index in [1.165, 1.54) is 43.5 Å². The lowest BCUT2D eigenvalue weighted by atomic mass is 10.1. The van der Waals surface area contributed by atoms with Gasteiger partial charge < -0.3 is 10.1 Å². The molecule has 1 aliphatic heterocycles. The number of piperidine rings is 1. The van der Waals surface area contributed by atoms with Crippen molar-refractivity contribution in [2.24, 2.45) is 0 Å². The van der Waals surface area contributed by atoms with Gasteiger partial charge in [0.2, 0.25) is 0 Å². The van der Waals surface area contributed by atoms with Crippen molar-refractivity contribution in [3.63, 3.8) is 0 Å². The Labute approximate surface area is 116 Å². The highest BCUT2D eigenvalue weighted by Gasteiger charge is 2.11. The highest BCUT2D eigenvalue weighted by atomic mass is 16.5. The van der Waals surface area contributed by atoms with E-state index >= 15 is 0 Å². The molecule has 1 fully saturated rings. The Kier molecular flexibility index (Phi) is 5.67. The first-order chi connectivity index (χ1) is 9.33. The number of hydrogen-bond acceptors (Lipinski definition) is 3. The maximum absolute atomic E-state index is 5.51. The van der Waals surface area contributed by atoms with Gasteiger partial charge in [0, 0.05) is 18.7 Å². The summed E-state index contributed by atoms with van der Waals surface area (Å²) in [5.74, 6) is 1.01. The molecule has 0 atom stereocenters. The van der Waals surface area contributed by atoms with E-state index in [1.54, 1.807) is 7.11 Å².